The van der Waals surface area contributed by atoms with Crippen LogP contribution >= 0.6 is 11.6 Å². The van der Waals surface area contributed by atoms with Crippen molar-refractivity contribution in [1.82, 2.24) is 4.90 Å². The molecule has 24 heavy (non-hydrogen) atoms. The van der Waals surface area contributed by atoms with Crippen molar-refractivity contribution >= 4 is 33.2 Å². The Morgan fingerprint density at radius 2 is 1.75 bits per heavy atom. The largest absolute Gasteiger partial charge is 0.339 e. The van der Waals surface area contributed by atoms with Crippen LogP contribution in [0.4, 0.5) is 5.69 Å². The molecular formula is C17H17ClN2O3S. The Balaban J connectivity index is 1.87. The SMILES string of the molecule is O=C(c1cccc(S(=O)(=O)Nc2ccccc2Cl)c1)N1CCCC1. The van der Waals surface area contributed by atoms with Crippen molar-refractivity contribution < 1.29 is 13.2 Å². The summed E-state index contributed by atoms with van der Waals surface area (Å²) in [7, 11) is -3.82. The molecule has 0 bridgehead atoms. The van der Waals surface area contributed by atoms with Crippen LogP contribution in [0, 0.1) is 0 Å². The molecule has 3 rings (SSSR count). The van der Waals surface area contributed by atoms with Gasteiger partial charge in [-0.2, -0.15) is 0 Å². The second-order valence-corrected chi connectivity index (χ2v) is 7.70. The molecule has 1 N–H and O–H groups in total. The number of hydrogen-bond donors (Lipinski definition) is 1. The van der Waals surface area contributed by atoms with Gasteiger partial charge in [0.15, 0.2) is 0 Å². The lowest BCUT2D eigenvalue weighted by molar-refractivity contribution is 0.0792. The van der Waals surface area contributed by atoms with Crippen LogP contribution in [-0.2, 0) is 10.0 Å². The third-order valence-electron chi connectivity index (χ3n) is 3.90. The topological polar surface area (TPSA) is 66.5 Å². The fourth-order valence-electron chi connectivity index (χ4n) is 2.65. The maximum atomic E-state index is 12.6. The van der Waals surface area contributed by atoms with E-state index in [-0.39, 0.29) is 10.8 Å². The van der Waals surface area contributed by atoms with Crippen LogP contribution in [0.25, 0.3) is 0 Å². The number of nitrogens with zero attached hydrogens (tertiary/aromatic N) is 1. The molecular weight excluding hydrogens is 348 g/mol. The average Bonchev–Trinajstić information content (AvgIpc) is 3.11. The number of nitrogens with one attached hydrogen (secondary N) is 1. The number of para-hydroxylation sites is 1. The summed E-state index contributed by atoms with van der Waals surface area (Å²) in [4.78, 5) is 14.2. The Morgan fingerprint density at radius 1 is 1.04 bits per heavy atom. The van der Waals surface area contributed by atoms with E-state index in [0.717, 1.165) is 12.8 Å². The van der Waals surface area contributed by atoms with Crippen LogP contribution in [-0.4, -0.2) is 32.3 Å². The van der Waals surface area contributed by atoms with Gasteiger partial charge in [-0.1, -0.05) is 29.8 Å². The Bertz CT molecular complexity index is 862. The van der Waals surface area contributed by atoms with Crippen molar-refractivity contribution in [2.75, 3.05) is 17.8 Å². The Morgan fingerprint density at radius 3 is 2.46 bits per heavy atom. The minimum absolute atomic E-state index is 0.0347. The number of amides is 1. The van der Waals surface area contributed by atoms with Gasteiger partial charge in [-0.3, -0.25) is 9.52 Å². The first kappa shape index (κ1) is 16.8. The Labute approximate surface area is 146 Å². The minimum Gasteiger partial charge on any atom is -0.339 e. The Kier molecular flexibility index (Phi) is 4.78. The third kappa shape index (κ3) is 3.55. The lowest BCUT2D eigenvalue weighted by Gasteiger charge is -2.16. The van der Waals surface area contributed by atoms with Gasteiger partial charge in [-0.15, -0.1) is 0 Å². The zero-order chi connectivity index (χ0) is 17.2. The standard InChI is InChI=1S/C17H17ClN2O3S/c18-15-8-1-2-9-16(15)19-24(22,23)14-7-5-6-13(12-14)17(21)20-10-3-4-11-20/h1-2,5-9,12,19H,3-4,10-11H2. The van der Waals surface area contributed by atoms with E-state index in [2.05, 4.69) is 4.72 Å². The van der Waals surface area contributed by atoms with Crippen LogP contribution in [0.15, 0.2) is 53.4 Å². The first-order valence-electron chi connectivity index (χ1n) is 7.64. The molecule has 1 amide bonds. The van der Waals surface area contributed by atoms with Crippen molar-refractivity contribution in [3.8, 4) is 0 Å². The molecule has 0 aromatic heterocycles. The van der Waals surface area contributed by atoms with E-state index in [1.807, 2.05) is 0 Å². The van der Waals surface area contributed by atoms with Gasteiger partial charge >= 0.3 is 0 Å². The van der Waals surface area contributed by atoms with Crippen molar-refractivity contribution in [2.24, 2.45) is 0 Å². The fourth-order valence-corrected chi connectivity index (χ4v) is 4.01. The van der Waals surface area contributed by atoms with E-state index in [1.165, 1.54) is 12.1 Å². The highest BCUT2D eigenvalue weighted by Crippen LogP contribution is 2.24. The summed E-state index contributed by atoms with van der Waals surface area (Å²) >= 11 is 6.00. The summed E-state index contributed by atoms with van der Waals surface area (Å²) < 4.78 is 27.6. The molecule has 1 fully saturated rings. The molecule has 1 aliphatic heterocycles. The number of halogens is 1. The smallest absolute Gasteiger partial charge is 0.261 e. The second-order valence-electron chi connectivity index (χ2n) is 5.61. The predicted octanol–water partition coefficient (Wildman–Crippen LogP) is 3.38. The van der Waals surface area contributed by atoms with Crippen LogP contribution < -0.4 is 4.72 Å². The predicted molar refractivity (Wildman–Crippen MR) is 93.8 cm³/mol. The summed E-state index contributed by atoms with van der Waals surface area (Å²) in [6.07, 6.45) is 1.97. The van der Waals surface area contributed by atoms with Crippen molar-refractivity contribution in [3.05, 3.63) is 59.1 Å². The molecule has 0 atom stereocenters. The molecule has 0 radical (unpaired) electrons. The van der Waals surface area contributed by atoms with Gasteiger partial charge in [0.05, 0.1) is 15.6 Å². The number of hydrogen-bond acceptors (Lipinski definition) is 3. The molecule has 2 aromatic rings. The molecule has 1 saturated heterocycles. The zero-order valence-corrected chi connectivity index (χ0v) is 14.5. The molecule has 7 heteroatoms. The normalized spacial score (nSPS) is 14.6. The van der Waals surface area contributed by atoms with Gasteiger partial charge in [0.25, 0.3) is 15.9 Å². The maximum absolute atomic E-state index is 12.6. The van der Waals surface area contributed by atoms with E-state index in [9.17, 15) is 13.2 Å². The summed E-state index contributed by atoms with van der Waals surface area (Å²) in [5.74, 6) is -0.137. The number of likely N-dealkylation sites (tertiary alicyclic amines) is 1. The van der Waals surface area contributed by atoms with Crippen LogP contribution in [0.2, 0.25) is 5.02 Å². The van der Waals surface area contributed by atoms with Gasteiger partial charge in [0.1, 0.15) is 0 Å². The van der Waals surface area contributed by atoms with Crippen molar-refractivity contribution in [3.63, 3.8) is 0 Å². The summed E-state index contributed by atoms with van der Waals surface area (Å²) in [5.41, 5.74) is 0.675. The van der Waals surface area contributed by atoms with Crippen LogP contribution in [0.3, 0.4) is 0 Å². The highest BCUT2D eigenvalue weighted by atomic mass is 35.5. The number of benzene rings is 2. The number of carbonyl (C=O) groups excluding carboxylic acids is 1. The molecule has 1 aliphatic rings. The molecule has 1 heterocycles. The number of rotatable bonds is 4. The molecule has 0 spiro atoms. The molecule has 0 saturated carbocycles. The first-order valence-corrected chi connectivity index (χ1v) is 9.50. The lowest BCUT2D eigenvalue weighted by Crippen LogP contribution is -2.27. The molecule has 0 unspecified atom stereocenters. The van der Waals surface area contributed by atoms with Crippen LogP contribution in [0.5, 0.6) is 0 Å². The molecule has 2 aromatic carbocycles. The van der Waals surface area contributed by atoms with Crippen molar-refractivity contribution in [2.45, 2.75) is 17.7 Å². The van der Waals surface area contributed by atoms with E-state index in [1.54, 1.807) is 41.3 Å². The zero-order valence-electron chi connectivity index (χ0n) is 12.9. The third-order valence-corrected chi connectivity index (χ3v) is 5.60. The van der Waals surface area contributed by atoms with Gasteiger partial charge in [0.2, 0.25) is 0 Å². The lowest BCUT2D eigenvalue weighted by atomic mass is 10.2. The van der Waals surface area contributed by atoms with Crippen molar-refractivity contribution in [1.29, 1.82) is 0 Å². The second kappa shape index (κ2) is 6.83. The first-order chi connectivity index (χ1) is 11.5. The maximum Gasteiger partial charge on any atom is 0.261 e. The van der Waals surface area contributed by atoms with E-state index in [0.29, 0.717) is 29.4 Å². The highest BCUT2D eigenvalue weighted by Gasteiger charge is 2.22. The highest BCUT2D eigenvalue weighted by molar-refractivity contribution is 7.92. The number of sulfonamides is 1. The van der Waals surface area contributed by atoms with Crippen LogP contribution in [0.1, 0.15) is 23.2 Å². The van der Waals surface area contributed by atoms with E-state index < -0.39 is 10.0 Å². The average molecular weight is 365 g/mol. The van der Waals surface area contributed by atoms with Gasteiger partial charge < -0.3 is 4.90 Å². The van der Waals surface area contributed by atoms with Gasteiger partial charge in [0, 0.05) is 18.7 Å². The monoisotopic (exact) mass is 364 g/mol. The number of carbonyl (C=O) groups is 1. The molecule has 5 nitrogen and oxygen atoms in total. The molecule has 0 aliphatic carbocycles. The fraction of sp³-hybridized carbons (Fsp3) is 0.235. The van der Waals surface area contributed by atoms with Gasteiger partial charge in [-0.05, 0) is 43.2 Å². The van der Waals surface area contributed by atoms with E-state index in [4.69, 9.17) is 11.6 Å². The minimum atomic E-state index is -3.82. The summed E-state index contributed by atoms with van der Waals surface area (Å²) in [6.45, 7) is 1.43. The summed E-state index contributed by atoms with van der Waals surface area (Å²) in [5, 5.41) is 0.311. The number of anilines is 1. The Hall–Kier alpha value is -2.05. The van der Waals surface area contributed by atoms with Gasteiger partial charge in [-0.25, -0.2) is 8.42 Å². The van der Waals surface area contributed by atoms with E-state index >= 15 is 0 Å². The molecule has 126 valence electrons. The quantitative estimate of drug-likeness (QED) is 0.904. The summed E-state index contributed by atoms with van der Waals surface area (Å²) in [6, 6.07) is 12.7.